The van der Waals surface area contributed by atoms with Gasteiger partial charge in [-0.05, 0) is 20.8 Å². The number of alkyl halides is 2. The summed E-state index contributed by atoms with van der Waals surface area (Å²) in [7, 11) is 0. The summed E-state index contributed by atoms with van der Waals surface area (Å²) in [6, 6.07) is -1.44. The maximum atomic E-state index is 13.0. The summed E-state index contributed by atoms with van der Waals surface area (Å²) >= 11 is 0. The summed E-state index contributed by atoms with van der Waals surface area (Å²) in [6.45, 7) is 5.11. The van der Waals surface area contributed by atoms with E-state index in [2.05, 4.69) is 5.32 Å². The highest BCUT2D eigenvalue weighted by molar-refractivity contribution is 5.68. The molecule has 1 saturated carbocycles. The summed E-state index contributed by atoms with van der Waals surface area (Å²) in [5, 5.41) is 2.37. The van der Waals surface area contributed by atoms with Crippen LogP contribution in [0.1, 0.15) is 33.6 Å². The van der Waals surface area contributed by atoms with Crippen molar-refractivity contribution < 1.29 is 18.3 Å². The van der Waals surface area contributed by atoms with Crippen molar-refractivity contribution in [3.63, 3.8) is 0 Å². The third-order valence-corrected chi connectivity index (χ3v) is 2.27. The molecule has 16 heavy (non-hydrogen) atoms. The lowest BCUT2D eigenvalue weighted by molar-refractivity contribution is 0.00532. The van der Waals surface area contributed by atoms with E-state index >= 15 is 0 Å². The second kappa shape index (κ2) is 4.16. The van der Waals surface area contributed by atoms with Crippen molar-refractivity contribution in [2.45, 2.75) is 57.2 Å². The van der Waals surface area contributed by atoms with Gasteiger partial charge < -0.3 is 15.8 Å². The lowest BCUT2D eigenvalue weighted by Gasteiger charge is -2.23. The standard InChI is InChI=1S/C10H18F2N2O2/c1-9(2,3)16-8(15)14-7-5-10(11,12)4-6(7)13/h6-7H,4-5,13H2,1-3H3,(H,14,15)/t6-,7+/m1/s1. The zero-order chi connectivity index (χ0) is 12.6. The molecule has 0 bridgehead atoms. The van der Waals surface area contributed by atoms with E-state index in [1.165, 1.54) is 0 Å². The second-order valence-corrected chi connectivity index (χ2v) is 5.18. The van der Waals surface area contributed by atoms with Gasteiger partial charge in [0.05, 0.1) is 6.04 Å². The van der Waals surface area contributed by atoms with Gasteiger partial charge in [-0.25, -0.2) is 13.6 Å². The fourth-order valence-electron chi connectivity index (χ4n) is 1.66. The molecule has 1 rings (SSSR count). The van der Waals surface area contributed by atoms with Gasteiger partial charge in [-0.15, -0.1) is 0 Å². The van der Waals surface area contributed by atoms with E-state index in [0.717, 1.165) is 0 Å². The summed E-state index contributed by atoms with van der Waals surface area (Å²) in [5.74, 6) is -2.79. The summed E-state index contributed by atoms with van der Waals surface area (Å²) < 4.78 is 30.9. The number of carbonyl (C=O) groups is 1. The molecular formula is C10H18F2N2O2. The van der Waals surface area contributed by atoms with Gasteiger partial charge in [-0.1, -0.05) is 0 Å². The van der Waals surface area contributed by atoms with Gasteiger partial charge in [0.1, 0.15) is 5.60 Å². The number of ether oxygens (including phenoxy) is 1. The van der Waals surface area contributed by atoms with E-state index in [0.29, 0.717) is 0 Å². The Hall–Kier alpha value is -0.910. The van der Waals surface area contributed by atoms with E-state index in [-0.39, 0.29) is 0 Å². The number of alkyl carbamates (subject to hydrolysis) is 1. The van der Waals surface area contributed by atoms with Gasteiger partial charge in [-0.3, -0.25) is 0 Å². The molecule has 6 heteroatoms. The first kappa shape index (κ1) is 13.2. The Morgan fingerprint density at radius 2 is 2.00 bits per heavy atom. The Labute approximate surface area is 93.5 Å². The molecule has 4 nitrogen and oxygen atoms in total. The van der Waals surface area contributed by atoms with E-state index in [1.54, 1.807) is 20.8 Å². The second-order valence-electron chi connectivity index (χ2n) is 5.18. The molecule has 1 fully saturated rings. The van der Waals surface area contributed by atoms with Gasteiger partial charge in [0.15, 0.2) is 0 Å². The molecule has 0 radical (unpaired) electrons. The van der Waals surface area contributed by atoms with E-state index < -0.39 is 42.5 Å². The lowest BCUT2D eigenvalue weighted by Crippen LogP contribution is -2.45. The molecule has 1 aliphatic carbocycles. The monoisotopic (exact) mass is 236 g/mol. The van der Waals surface area contributed by atoms with Crippen molar-refractivity contribution in [2.24, 2.45) is 5.73 Å². The minimum atomic E-state index is -2.79. The molecule has 0 aliphatic heterocycles. The molecule has 2 atom stereocenters. The van der Waals surface area contributed by atoms with E-state index in [1.807, 2.05) is 0 Å². The van der Waals surface area contributed by atoms with Crippen LogP contribution in [0.4, 0.5) is 13.6 Å². The topological polar surface area (TPSA) is 64.3 Å². The Morgan fingerprint density at radius 1 is 1.44 bits per heavy atom. The van der Waals surface area contributed by atoms with Crippen LogP contribution in [-0.2, 0) is 4.74 Å². The van der Waals surface area contributed by atoms with Crippen molar-refractivity contribution in [3.05, 3.63) is 0 Å². The molecule has 0 saturated heterocycles. The highest BCUT2D eigenvalue weighted by Crippen LogP contribution is 2.34. The summed E-state index contributed by atoms with van der Waals surface area (Å²) in [4.78, 5) is 11.3. The smallest absolute Gasteiger partial charge is 0.407 e. The molecule has 3 N–H and O–H groups in total. The SMILES string of the molecule is CC(C)(C)OC(=O)N[C@H]1CC(F)(F)C[C@H]1N. The van der Waals surface area contributed by atoms with Crippen molar-refractivity contribution in [1.29, 1.82) is 0 Å². The van der Waals surface area contributed by atoms with Crippen molar-refractivity contribution in [3.8, 4) is 0 Å². The van der Waals surface area contributed by atoms with Gasteiger partial charge in [-0.2, -0.15) is 0 Å². The predicted octanol–water partition coefficient (Wildman–Crippen LogP) is 1.64. The van der Waals surface area contributed by atoms with Gasteiger partial charge in [0.2, 0.25) is 0 Å². The largest absolute Gasteiger partial charge is 0.444 e. The Morgan fingerprint density at radius 3 is 2.38 bits per heavy atom. The molecule has 0 unspecified atom stereocenters. The predicted molar refractivity (Wildman–Crippen MR) is 55.3 cm³/mol. The van der Waals surface area contributed by atoms with Crippen LogP contribution in [0.3, 0.4) is 0 Å². The van der Waals surface area contributed by atoms with Crippen molar-refractivity contribution in [2.75, 3.05) is 0 Å². The molecular weight excluding hydrogens is 218 g/mol. The van der Waals surface area contributed by atoms with Crippen LogP contribution in [0.15, 0.2) is 0 Å². The highest BCUT2D eigenvalue weighted by Gasteiger charge is 2.45. The quantitative estimate of drug-likeness (QED) is 0.727. The molecule has 0 aromatic heterocycles. The van der Waals surface area contributed by atoms with Crippen LogP contribution < -0.4 is 11.1 Å². The highest BCUT2D eigenvalue weighted by atomic mass is 19.3. The van der Waals surface area contributed by atoms with Crippen LogP contribution in [0.25, 0.3) is 0 Å². The number of hydrogen-bond donors (Lipinski definition) is 2. The number of carbonyl (C=O) groups excluding carboxylic acids is 1. The Bertz CT molecular complexity index is 276. The number of halogens is 2. The zero-order valence-corrected chi connectivity index (χ0v) is 9.72. The third kappa shape index (κ3) is 3.92. The van der Waals surface area contributed by atoms with E-state index in [9.17, 15) is 13.6 Å². The van der Waals surface area contributed by atoms with Crippen LogP contribution in [0.5, 0.6) is 0 Å². The molecule has 1 amide bonds. The number of amides is 1. The Balaban J connectivity index is 2.47. The van der Waals surface area contributed by atoms with Crippen LogP contribution in [-0.4, -0.2) is 29.7 Å². The lowest BCUT2D eigenvalue weighted by atomic mass is 10.2. The fourth-order valence-corrected chi connectivity index (χ4v) is 1.66. The minimum Gasteiger partial charge on any atom is -0.444 e. The molecule has 0 heterocycles. The molecule has 0 aromatic rings. The first-order chi connectivity index (χ1) is 7.09. The number of nitrogens with two attached hydrogens (primary N) is 1. The van der Waals surface area contributed by atoms with Crippen molar-refractivity contribution in [1.82, 2.24) is 5.32 Å². The normalized spacial score (nSPS) is 28.9. The number of hydrogen-bond acceptors (Lipinski definition) is 3. The average molecular weight is 236 g/mol. The molecule has 94 valence electrons. The zero-order valence-electron chi connectivity index (χ0n) is 9.72. The Kier molecular flexibility index (Phi) is 3.42. The maximum absolute atomic E-state index is 13.0. The van der Waals surface area contributed by atoms with E-state index in [4.69, 9.17) is 10.5 Å². The van der Waals surface area contributed by atoms with Gasteiger partial charge in [0, 0.05) is 18.9 Å². The number of nitrogens with one attached hydrogen (secondary N) is 1. The van der Waals surface area contributed by atoms with Crippen LogP contribution in [0.2, 0.25) is 0 Å². The third-order valence-electron chi connectivity index (χ3n) is 2.27. The maximum Gasteiger partial charge on any atom is 0.407 e. The number of rotatable bonds is 1. The van der Waals surface area contributed by atoms with Crippen LogP contribution >= 0.6 is 0 Å². The first-order valence-electron chi connectivity index (χ1n) is 5.22. The molecule has 0 spiro atoms. The fraction of sp³-hybridized carbons (Fsp3) is 0.900. The molecule has 0 aromatic carbocycles. The summed E-state index contributed by atoms with van der Waals surface area (Å²) in [6.07, 6.45) is -1.52. The van der Waals surface area contributed by atoms with Gasteiger partial charge >= 0.3 is 6.09 Å². The molecule has 1 aliphatic rings. The van der Waals surface area contributed by atoms with Crippen LogP contribution in [0, 0.1) is 0 Å². The average Bonchev–Trinajstić information content (AvgIpc) is 2.19. The minimum absolute atomic E-state index is 0.395. The van der Waals surface area contributed by atoms with Crippen molar-refractivity contribution >= 4 is 6.09 Å². The first-order valence-corrected chi connectivity index (χ1v) is 5.22. The summed E-state index contributed by atoms with van der Waals surface area (Å²) in [5.41, 5.74) is 4.87. The van der Waals surface area contributed by atoms with Gasteiger partial charge in [0.25, 0.3) is 5.92 Å².